The molecule has 0 aliphatic rings. The fourth-order valence-corrected chi connectivity index (χ4v) is 2.55. The van der Waals surface area contributed by atoms with Crippen LogP contribution < -0.4 is 10.6 Å². The van der Waals surface area contributed by atoms with Gasteiger partial charge in [0.25, 0.3) is 0 Å². The third-order valence-corrected chi connectivity index (χ3v) is 3.87. The third-order valence-electron chi connectivity index (χ3n) is 3.65. The summed E-state index contributed by atoms with van der Waals surface area (Å²) in [4.78, 5) is 2.62. The van der Waals surface area contributed by atoms with E-state index in [0.29, 0.717) is 10.9 Å². The fourth-order valence-electron chi connectivity index (χ4n) is 2.38. The van der Waals surface area contributed by atoms with Gasteiger partial charge in [-0.05, 0) is 29.2 Å². The van der Waals surface area contributed by atoms with Crippen molar-refractivity contribution in [2.75, 3.05) is 11.9 Å². The van der Waals surface area contributed by atoms with Crippen LogP contribution in [0.4, 0.5) is 5.69 Å². The monoisotopic (exact) mass is 298 g/mol. The van der Waals surface area contributed by atoms with Gasteiger partial charge in [0.05, 0.1) is 0 Å². The second-order valence-corrected chi connectivity index (χ2v) is 6.07. The van der Waals surface area contributed by atoms with E-state index in [4.69, 9.17) is 18.0 Å². The standard InChI is InChI=1S/C18H22N2S/c1-13(2)15-10-8-14(9-11-15)12-20(3)17-7-5-4-6-16(17)18(19)21/h4-11,13H,12H2,1-3H3,(H2,19,21). The highest BCUT2D eigenvalue weighted by Gasteiger charge is 2.09. The highest BCUT2D eigenvalue weighted by Crippen LogP contribution is 2.22. The molecule has 21 heavy (non-hydrogen) atoms. The molecule has 2 nitrogen and oxygen atoms in total. The van der Waals surface area contributed by atoms with E-state index in [1.54, 1.807) is 0 Å². The van der Waals surface area contributed by atoms with E-state index < -0.39 is 0 Å². The lowest BCUT2D eigenvalue weighted by molar-refractivity contribution is 0.861. The molecule has 0 aliphatic heterocycles. The molecule has 0 unspecified atom stereocenters. The van der Waals surface area contributed by atoms with E-state index in [2.05, 4.69) is 56.1 Å². The zero-order valence-corrected chi connectivity index (χ0v) is 13.7. The Bertz CT molecular complexity index is 617. The first-order valence-electron chi connectivity index (χ1n) is 7.18. The molecule has 0 saturated heterocycles. The summed E-state index contributed by atoms with van der Waals surface area (Å²) in [7, 11) is 2.06. The van der Waals surface area contributed by atoms with Gasteiger partial charge in [-0.2, -0.15) is 0 Å². The lowest BCUT2D eigenvalue weighted by Gasteiger charge is -2.22. The van der Waals surface area contributed by atoms with Gasteiger partial charge in [0.2, 0.25) is 0 Å². The molecular formula is C18H22N2S. The van der Waals surface area contributed by atoms with Crippen LogP contribution in [-0.4, -0.2) is 12.0 Å². The molecule has 2 rings (SSSR count). The number of hydrogen-bond acceptors (Lipinski definition) is 2. The molecular weight excluding hydrogens is 276 g/mol. The molecule has 0 amide bonds. The van der Waals surface area contributed by atoms with Crippen molar-refractivity contribution in [3.05, 3.63) is 65.2 Å². The van der Waals surface area contributed by atoms with Crippen molar-refractivity contribution in [1.82, 2.24) is 0 Å². The van der Waals surface area contributed by atoms with Gasteiger partial charge in [0.1, 0.15) is 4.99 Å². The predicted molar refractivity (Wildman–Crippen MR) is 95.0 cm³/mol. The predicted octanol–water partition coefficient (Wildman–Crippen LogP) is 4.08. The van der Waals surface area contributed by atoms with E-state index in [1.807, 2.05) is 18.2 Å². The minimum absolute atomic E-state index is 0.438. The van der Waals surface area contributed by atoms with Gasteiger partial charge >= 0.3 is 0 Å². The Morgan fingerprint density at radius 1 is 1.10 bits per heavy atom. The van der Waals surface area contributed by atoms with E-state index in [0.717, 1.165) is 17.8 Å². The van der Waals surface area contributed by atoms with Crippen LogP contribution in [0.25, 0.3) is 0 Å². The van der Waals surface area contributed by atoms with Gasteiger partial charge in [0.15, 0.2) is 0 Å². The number of para-hydroxylation sites is 1. The van der Waals surface area contributed by atoms with Crippen molar-refractivity contribution in [1.29, 1.82) is 0 Å². The lowest BCUT2D eigenvalue weighted by Crippen LogP contribution is -2.21. The summed E-state index contributed by atoms with van der Waals surface area (Å²) < 4.78 is 0. The molecule has 0 radical (unpaired) electrons. The maximum Gasteiger partial charge on any atom is 0.106 e. The maximum absolute atomic E-state index is 5.80. The molecule has 0 aromatic heterocycles. The van der Waals surface area contributed by atoms with Gasteiger partial charge in [-0.1, -0.05) is 62.5 Å². The number of nitrogens with two attached hydrogens (primary N) is 1. The van der Waals surface area contributed by atoms with Crippen molar-refractivity contribution < 1.29 is 0 Å². The van der Waals surface area contributed by atoms with Crippen LogP contribution in [0.15, 0.2) is 48.5 Å². The number of benzene rings is 2. The summed E-state index contributed by atoms with van der Waals surface area (Å²) in [5, 5.41) is 0. The molecule has 2 aromatic carbocycles. The van der Waals surface area contributed by atoms with E-state index in [-0.39, 0.29) is 0 Å². The van der Waals surface area contributed by atoms with Crippen LogP contribution in [0.3, 0.4) is 0 Å². The van der Waals surface area contributed by atoms with Gasteiger partial charge < -0.3 is 10.6 Å². The summed E-state index contributed by atoms with van der Waals surface area (Å²) in [6.07, 6.45) is 0. The van der Waals surface area contributed by atoms with Gasteiger partial charge in [0, 0.05) is 24.8 Å². The molecule has 3 heteroatoms. The summed E-state index contributed by atoms with van der Waals surface area (Å²) in [6.45, 7) is 5.25. The maximum atomic E-state index is 5.80. The second-order valence-electron chi connectivity index (χ2n) is 5.63. The van der Waals surface area contributed by atoms with Crippen LogP contribution >= 0.6 is 12.2 Å². The summed E-state index contributed by atoms with van der Waals surface area (Å²) in [6, 6.07) is 16.8. The molecule has 0 spiro atoms. The normalized spacial score (nSPS) is 10.7. The van der Waals surface area contributed by atoms with E-state index in [1.165, 1.54) is 11.1 Å². The average Bonchev–Trinajstić information content (AvgIpc) is 2.47. The van der Waals surface area contributed by atoms with Crippen LogP contribution in [0.5, 0.6) is 0 Å². The van der Waals surface area contributed by atoms with Gasteiger partial charge in [-0.3, -0.25) is 0 Å². The Morgan fingerprint density at radius 3 is 2.29 bits per heavy atom. The topological polar surface area (TPSA) is 29.3 Å². The largest absolute Gasteiger partial charge is 0.389 e. The number of nitrogens with zero attached hydrogens (tertiary/aromatic N) is 1. The molecule has 0 fully saturated rings. The highest BCUT2D eigenvalue weighted by atomic mass is 32.1. The van der Waals surface area contributed by atoms with Crippen LogP contribution in [0.1, 0.15) is 36.5 Å². The van der Waals surface area contributed by atoms with Crippen LogP contribution in [-0.2, 0) is 6.54 Å². The van der Waals surface area contributed by atoms with Crippen LogP contribution in [0, 0.1) is 0 Å². The van der Waals surface area contributed by atoms with Crippen molar-refractivity contribution in [3.63, 3.8) is 0 Å². The van der Waals surface area contributed by atoms with E-state index >= 15 is 0 Å². The number of anilines is 1. The minimum atomic E-state index is 0.438. The first-order chi connectivity index (χ1) is 9.99. The molecule has 110 valence electrons. The molecule has 0 bridgehead atoms. The average molecular weight is 298 g/mol. The summed E-state index contributed by atoms with van der Waals surface area (Å²) >= 11 is 5.13. The van der Waals surface area contributed by atoms with Crippen molar-refractivity contribution in [3.8, 4) is 0 Å². The van der Waals surface area contributed by atoms with Crippen molar-refractivity contribution >= 4 is 22.9 Å². The van der Waals surface area contributed by atoms with Gasteiger partial charge in [-0.15, -0.1) is 0 Å². The third kappa shape index (κ3) is 3.82. The Kier molecular flexibility index (Phi) is 4.97. The van der Waals surface area contributed by atoms with Crippen molar-refractivity contribution in [2.24, 2.45) is 5.73 Å². The first-order valence-corrected chi connectivity index (χ1v) is 7.58. The second kappa shape index (κ2) is 6.72. The Labute approximate surface area is 132 Å². The first kappa shape index (κ1) is 15.5. The zero-order chi connectivity index (χ0) is 15.4. The Morgan fingerprint density at radius 2 is 1.71 bits per heavy atom. The summed E-state index contributed by atoms with van der Waals surface area (Å²) in [5.74, 6) is 0.562. The SMILES string of the molecule is CC(C)c1ccc(CN(C)c2ccccc2C(N)=S)cc1. The molecule has 2 aromatic rings. The summed E-state index contributed by atoms with van der Waals surface area (Å²) in [5.41, 5.74) is 10.4. The molecule has 0 saturated carbocycles. The zero-order valence-electron chi connectivity index (χ0n) is 12.8. The lowest BCUT2D eigenvalue weighted by atomic mass is 10.0. The van der Waals surface area contributed by atoms with Crippen molar-refractivity contribution in [2.45, 2.75) is 26.3 Å². The molecule has 0 aliphatic carbocycles. The number of hydrogen-bond donors (Lipinski definition) is 1. The Hall–Kier alpha value is -1.87. The van der Waals surface area contributed by atoms with Gasteiger partial charge in [-0.25, -0.2) is 0 Å². The molecule has 2 N–H and O–H groups in total. The number of rotatable bonds is 5. The highest BCUT2D eigenvalue weighted by molar-refractivity contribution is 7.80. The smallest absolute Gasteiger partial charge is 0.106 e. The fraction of sp³-hybridized carbons (Fsp3) is 0.278. The molecule has 0 heterocycles. The molecule has 0 atom stereocenters. The number of thiocarbonyl (C=S) groups is 1. The van der Waals surface area contributed by atoms with Crippen LogP contribution in [0.2, 0.25) is 0 Å². The Balaban J connectivity index is 2.18. The quantitative estimate of drug-likeness (QED) is 0.843. The minimum Gasteiger partial charge on any atom is -0.389 e. The van der Waals surface area contributed by atoms with E-state index in [9.17, 15) is 0 Å².